The van der Waals surface area contributed by atoms with Gasteiger partial charge in [0.25, 0.3) is 0 Å². The molecule has 2 rings (SSSR count). The molecule has 0 aliphatic rings. The van der Waals surface area contributed by atoms with Crippen LogP contribution in [-0.4, -0.2) is 25.5 Å². The molecule has 1 aromatic heterocycles. The van der Waals surface area contributed by atoms with E-state index in [2.05, 4.69) is 37.4 Å². The van der Waals surface area contributed by atoms with Gasteiger partial charge in [-0.25, -0.2) is 0 Å². The maximum absolute atomic E-state index is 6.17. The fourth-order valence-corrected chi connectivity index (χ4v) is 2.49. The quantitative estimate of drug-likeness (QED) is 0.792. The van der Waals surface area contributed by atoms with Crippen molar-refractivity contribution in [2.24, 2.45) is 13.0 Å². The molecule has 1 unspecified atom stereocenters. The first-order valence-electron chi connectivity index (χ1n) is 5.71. The van der Waals surface area contributed by atoms with Gasteiger partial charge < -0.3 is 0 Å². The Balaban J connectivity index is 2.04. The van der Waals surface area contributed by atoms with Gasteiger partial charge in [0.15, 0.2) is 5.82 Å². The van der Waals surface area contributed by atoms with Gasteiger partial charge in [0, 0.05) is 16.8 Å². The molecule has 1 atom stereocenters. The SMILES string of the molecule is Cn1nnc(CC(CBr)Cc2ccccc2Cl)n1. The molecule has 18 heavy (non-hydrogen) atoms. The number of benzene rings is 1. The van der Waals surface area contributed by atoms with Crippen molar-refractivity contribution in [3.63, 3.8) is 0 Å². The Bertz CT molecular complexity index is 514. The minimum Gasteiger partial charge on any atom is -0.167 e. The summed E-state index contributed by atoms with van der Waals surface area (Å²) in [5, 5.41) is 13.8. The number of rotatable bonds is 5. The summed E-state index contributed by atoms with van der Waals surface area (Å²) < 4.78 is 0. The van der Waals surface area contributed by atoms with Crippen LogP contribution in [0.5, 0.6) is 0 Å². The molecular formula is C12H14BrClN4. The van der Waals surface area contributed by atoms with Crippen LogP contribution in [0.2, 0.25) is 5.02 Å². The number of aryl methyl sites for hydroxylation is 1. The molecule has 0 amide bonds. The molecule has 0 aliphatic carbocycles. The Morgan fingerprint density at radius 1 is 1.33 bits per heavy atom. The topological polar surface area (TPSA) is 43.6 Å². The Morgan fingerprint density at radius 3 is 2.72 bits per heavy atom. The van der Waals surface area contributed by atoms with E-state index in [4.69, 9.17) is 11.6 Å². The Labute approximate surface area is 119 Å². The van der Waals surface area contributed by atoms with E-state index in [1.165, 1.54) is 4.80 Å². The van der Waals surface area contributed by atoms with Gasteiger partial charge in [-0.05, 0) is 29.2 Å². The summed E-state index contributed by atoms with van der Waals surface area (Å²) in [4.78, 5) is 1.48. The zero-order chi connectivity index (χ0) is 13.0. The average Bonchev–Trinajstić information content (AvgIpc) is 2.76. The van der Waals surface area contributed by atoms with Crippen molar-refractivity contribution in [2.75, 3.05) is 5.33 Å². The van der Waals surface area contributed by atoms with Gasteiger partial charge in [0.05, 0.1) is 7.05 Å². The van der Waals surface area contributed by atoms with Crippen molar-refractivity contribution in [2.45, 2.75) is 12.8 Å². The van der Waals surface area contributed by atoms with Crippen LogP contribution in [-0.2, 0) is 19.9 Å². The van der Waals surface area contributed by atoms with Crippen LogP contribution in [0.1, 0.15) is 11.4 Å². The first-order valence-corrected chi connectivity index (χ1v) is 7.21. The average molecular weight is 330 g/mol. The monoisotopic (exact) mass is 328 g/mol. The molecule has 0 aliphatic heterocycles. The van der Waals surface area contributed by atoms with Crippen molar-refractivity contribution in [3.05, 3.63) is 40.7 Å². The van der Waals surface area contributed by atoms with Crippen molar-refractivity contribution in [1.29, 1.82) is 0 Å². The minimum atomic E-state index is 0.411. The maximum Gasteiger partial charge on any atom is 0.175 e. The van der Waals surface area contributed by atoms with E-state index >= 15 is 0 Å². The molecular weight excluding hydrogens is 316 g/mol. The lowest BCUT2D eigenvalue weighted by Crippen LogP contribution is -2.11. The van der Waals surface area contributed by atoms with E-state index < -0.39 is 0 Å². The molecule has 0 saturated heterocycles. The van der Waals surface area contributed by atoms with E-state index in [0.29, 0.717) is 5.92 Å². The van der Waals surface area contributed by atoms with Gasteiger partial charge in [0.1, 0.15) is 0 Å². The number of tetrazole rings is 1. The second-order valence-electron chi connectivity index (χ2n) is 4.22. The molecule has 96 valence electrons. The van der Waals surface area contributed by atoms with Gasteiger partial charge >= 0.3 is 0 Å². The van der Waals surface area contributed by atoms with Gasteiger partial charge in [-0.3, -0.25) is 0 Å². The van der Waals surface area contributed by atoms with Gasteiger partial charge in [0.2, 0.25) is 0 Å². The lowest BCUT2D eigenvalue weighted by molar-refractivity contribution is 0.567. The Kier molecular flexibility index (Phi) is 4.72. The molecule has 6 heteroatoms. The number of halogens is 2. The summed E-state index contributed by atoms with van der Waals surface area (Å²) in [6.45, 7) is 0. The molecule has 0 saturated carbocycles. The molecule has 1 aromatic carbocycles. The largest absolute Gasteiger partial charge is 0.175 e. The van der Waals surface area contributed by atoms with Gasteiger partial charge in [-0.15, -0.1) is 10.2 Å². The second-order valence-corrected chi connectivity index (χ2v) is 5.27. The zero-order valence-electron chi connectivity index (χ0n) is 10.1. The zero-order valence-corrected chi connectivity index (χ0v) is 12.4. The minimum absolute atomic E-state index is 0.411. The first kappa shape index (κ1) is 13.5. The summed E-state index contributed by atoms with van der Waals surface area (Å²) >= 11 is 9.71. The van der Waals surface area contributed by atoms with Gasteiger partial charge in [-0.2, -0.15) is 4.80 Å². The van der Waals surface area contributed by atoms with E-state index in [1.54, 1.807) is 7.05 Å². The molecule has 0 fully saturated rings. The highest BCUT2D eigenvalue weighted by Gasteiger charge is 2.14. The summed E-state index contributed by atoms with van der Waals surface area (Å²) in [7, 11) is 1.77. The van der Waals surface area contributed by atoms with Crippen LogP contribution in [0.3, 0.4) is 0 Å². The fraction of sp³-hybridized carbons (Fsp3) is 0.417. The van der Waals surface area contributed by atoms with E-state index in [1.807, 2.05) is 18.2 Å². The van der Waals surface area contributed by atoms with Crippen molar-refractivity contribution in [1.82, 2.24) is 20.2 Å². The Morgan fingerprint density at radius 2 is 2.11 bits per heavy atom. The molecule has 2 aromatic rings. The van der Waals surface area contributed by atoms with E-state index in [-0.39, 0.29) is 0 Å². The van der Waals surface area contributed by atoms with E-state index in [9.17, 15) is 0 Å². The number of alkyl halides is 1. The van der Waals surface area contributed by atoms with Crippen LogP contribution >= 0.6 is 27.5 Å². The van der Waals surface area contributed by atoms with E-state index in [0.717, 1.165) is 34.6 Å². The van der Waals surface area contributed by atoms with Crippen LogP contribution in [0, 0.1) is 5.92 Å². The second kappa shape index (κ2) is 6.29. The third-order valence-corrected chi connectivity index (χ3v) is 3.99. The highest BCUT2D eigenvalue weighted by atomic mass is 79.9. The normalized spacial score (nSPS) is 12.6. The smallest absolute Gasteiger partial charge is 0.167 e. The first-order chi connectivity index (χ1) is 8.69. The summed E-state index contributed by atoms with van der Waals surface area (Å²) in [5.74, 6) is 1.18. The molecule has 1 heterocycles. The number of hydrogen-bond acceptors (Lipinski definition) is 3. The van der Waals surface area contributed by atoms with Crippen LogP contribution < -0.4 is 0 Å². The summed E-state index contributed by atoms with van der Waals surface area (Å²) in [6.07, 6.45) is 1.70. The predicted molar refractivity (Wildman–Crippen MR) is 74.9 cm³/mol. The molecule has 4 nitrogen and oxygen atoms in total. The van der Waals surface area contributed by atoms with Crippen molar-refractivity contribution < 1.29 is 0 Å². The molecule has 0 spiro atoms. The third kappa shape index (κ3) is 3.53. The lowest BCUT2D eigenvalue weighted by atomic mass is 9.98. The number of aromatic nitrogens is 4. The van der Waals surface area contributed by atoms with Crippen molar-refractivity contribution in [3.8, 4) is 0 Å². The highest BCUT2D eigenvalue weighted by Crippen LogP contribution is 2.21. The number of nitrogens with zero attached hydrogens (tertiary/aromatic N) is 4. The van der Waals surface area contributed by atoms with Gasteiger partial charge in [-0.1, -0.05) is 45.7 Å². The highest BCUT2D eigenvalue weighted by molar-refractivity contribution is 9.09. The molecule has 0 bridgehead atoms. The third-order valence-electron chi connectivity index (χ3n) is 2.71. The Hall–Kier alpha value is -0.940. The standard InChI is InChI=1S/C12H14BrClN4/c1-18-16-12(15-17-18)7-9(8-13)6-10-4-2-3-5-11(10)14/h2-5,9H,6-8H2,1H3. The van der Waals surface area contributed by atoms with Crippen LogP contribution in [0.15, 0.2) is 24.3 Å². The summed E-state index contributed by atoms with van der Waals surface area (Å²) in [5.41, 5.74) is 1.16. The summed E-state index contributed by atoms with van der Waals surface area (Å²) in [6, 6.07) is 7.93. The molecule has 0 radical (unpaired) electrons. The maximum atomic E-state index is 6.17. The number of hydrogen-bond donors (Lipinski definition) is 0. The molecule has 0 N–H and O–H groups in total. The van der Waals surface area contributed by atoms with Crippen molar-refractivity contribution >= 4 is 27.5 Å². The van der Waals surface area contributed by atoms with Crippen LogP contribution in [0.4, 0.5) is 0 Å². The van der Waals surface area contributed by atoms with Crippen LogP contribution in [0.25, 0.3) is 0 Å². The lowest BCUT2D eigenvalue weighted by Gasteiger charge is -2.12. The predicted octanol–water partition coefficient (Wildman–Crippen LogP) is 2.66. The fourth-order valence-electron chi connectivity index (χ4n) is 1.82.